The summed E-state index contributed by atoms with van der Waals surface area (Å²) in [5, 5.41) is 5.79. The Kier molecular flexibility index (Phi) is 7.40. The molecule has 1 aromatic heterocycles. The summed E-state index contributed by atoms with van der Waals surface area (Å²) in [6, 6.07) is 13.4. The van der Waals surface area contributed by atoms with Gasteiger partial charge in [-0.2, -0.15) is 10.1 Å². The van der Waals surface area contributed by atoms with Gasteiger partial charge in [-0.1, -0.05) is 29.5 Å². The lowest BCUT2D eigenvalue weighted by molar-refractivity contribution is -0.139. The predicted octanol–water partition coefficient (Wildman–Crippen LogP) is 2.81. The van der Waals surface area contributed by atoms with Gasteiger partial charge in [-0.15, -0.1) is 0 Å². The molecule has 0 saturated heterocycles. The summed E-state index contributed by atoms with van der Waals surface area (Å²) >= 11 is 1.15. The van der Waals surface area contributed by atoms with E-state index in [1.54, 1.807) is 64.3 Å². The summed E-state index contributed by atoms with van der Waals surface area (Å²) in [7, 11) is 3.05. The summed E-state index contributed by atoms with van der Waals surface area (Å²) in [5.74, 6) is -0.562. The van der Waals surface area contributed by atoms with Gasteiger partial charge in [0, 0.05) is 11.6 Å². The topological polar surface area (TPSA) is 112 Å². The molecule has 0 N–H and O–H groups in total. The Labute approximate surface area is 234 Å². The first-order valence-corrected chi connectivity index (χ1v) is 13.5. The quantitative estimate of drug-likeness (QED) is 0.411. The smallest absolute Gasteiger partial charge is 0.338 e. The van der Waals surface area contributed by atoms with Crippen LogP contribution in [0.2, 0.25) is 0 Å². The number of methoxy groups -OCH3 is 2. The van der Waals surface area contributed by atoms with Crippen LogP contribution in [0.25, 0.3) is 6.08 Å². The number of thiazole rings is 1. The number of rotatable bonds is 7. The molecule has 2 atom stereocenters. The molecule has 0 bridgehead atoms. The van der Waals surface area contributed by atoms with Gasteiger partial charge in [-0.3, -0.25) is 14.2 Å². The van der Waals surface area contributed by atoms with Gasteiger partial charge in [-0.25, -0.2) is 9.79 Å². The first kappa shape index (κ1) is 27.1. The molecule has 0 radical (unpaired) electrons. The fourth-order valence-corrected chi connectivity index (χ4v) is 5.88. The number of nitrogens with zero attached hydrogens (tertiary/aromatic N) is 4. The van der Waals surface area contributed by atoms with Crippen LogP contribution in [0.15, 0.2) is 74.7 Å². The summed E-state index contributed by atoms with van der Waals surface area (Å²) < 4.78 is 18.1. The number of hydrogen-bond donors (Lipinski definition) is 0. The van der Waals surface area contributed by atoms with Crippen LogP contribution >= 0.6 is 11.3 Å². The number of hydrogen-bond acceptors (Lipinski definition) is 9. The molecule has 3 aromatic rings. The molecule has 40 heavy (non-hydrogen) atoms. The van der Waals surface area contributed by atoms with Gasteiger partial charge in [0.15, 0.2) is 4.80 Å². The molecule has 5 rings (SSSR count). The van der Waals surface area contributed by atoms with Crippen molar-refractivity contribution in [2.75, 3.05) is 25.8 Å². The number of amides is 1. The highest BCUT2D eigenvalue weighted by Crippen LogP contribution is 2.37. The number of aromatic nitrogens is 1. The van der Waals surface area contributed by atoms with Crippen molar-refractivity contribution < 1.29 is 23.8 Å². The normalized spacial score (nSPS) is 18.8. The van der Waals surface area contributed by atoms with E-state index in [1.807, 2.05) is 18.2 Å². The Morgan fingerprint density at radius 1 is 1.07 bits per heavy atom. The van der Waals surface area contributed by atoms with E-state index >= 15 is 0 Å². The lowest BCUT2D eigenvalue weighted by Gasteiger charge is -2.26. The largest absolute Gasteiger partial charge is 0.497 e. The maximum Gasteiger partial charge on any atom is 0.338 e. The fraction of sp³-hybridized carbons (Fsp3) is 0.276. The molecule has 0 aliphatic carbocycles. The number of para-hydroxylation sites is 1. The minimum atomic E-state index is -0.867. The number of hydrazone groups is 1. The van der Waals surface area contributed by atoms with Crippen LogP contribution in [0.5, 0.6) is 11.5 Å². The molecule has 11 heteroatoms. The van der Waals surface area contributed by atoms with Crippen LogP contribution in [0, 0.1) is 5.92 Å². The predicted molar refractivity (Wildman–Crippen MR) is 151 cm³/mol. The molecule has 0 unspecified atom stereocenters. The van der Waals surface area contributed by atoms with Crippen molar-refractivity contribution in [3.05, 3.63) is 85.1 Å². The zero-order chi connectivity index (χ0) is 28.6. The lowest BCUT2D eigenvalue weighted by Crippen LogP contribution is -2.40. The van der Waals surface area contributed by atoms with E-state index in [0.29, 0.717) is 43.5 Å². The SMILES string of the molecule is CCOC(=O)C1=C(C)N=c2s/c(=C/[C@H]3C(=O)N(c4ccccc4)N=C3C)c(=O)n2[C@H]1c1ccc(OC)cc1OC. The summed E-state index contributed by atoms with van der Waals surface area (Å²) in [6.45, 7) is 5.34. The fourth-order valence-electron chi connectivity index (χ4n) is 4.82. The molecule has 0 fully saturated rings. The highest BCUT2D eigenvalue weighted by Gasteiger charge is 2.37. The Hall–Kier alpha value is -4.51. The van der Waals surface area contributed by atoms with E-state index < -0.39 is 17.9 Å². The molecule has 3 heterocycles. The van der Waals surface area contributed by atoms with Crippen LogP contribution in [-0.4, -0.2) is 43.0 Å². The standard InChI is InChI=1S/C29H28N4O6S/c1-6-39-28(36)24-17(3)30-29-32(25(24)20-13-12-19(37-4)14-22(20)38-5)27(35)23(40-29)15-21-16(2)31-33(26(21)34)18-10-8-7-9-11-18/h7-15,21,25H,6H2,1-5H3/b23-15+/t21-,25+/m1/s1. The number of ether oxygens (including phenoxy) is 3. The molecule has 0 saturated carbocycles. The molecule has 2 aliphatic heterocycles. The second-order valence-electron chi connectivity index (χ2n) is 9.14. The van der Waals surface area contributed by atoms with E-state index in [0.717, 1.165) is 11.3 Å². The zero-order valence-electron chi connectivity index (χ0n) is 22.7. The van der Waals surface area contributed by atoms with Crippen molar-refractivity contribution in [3.63, 3.8) is 0 Å². The van der Waals surface area contributed by atoms with Crippen LogP contribution < -0.4 is 29.4 Å². The Morgan fingerprint density at radius 2 is 1.82 bits per heavy atom. The molecule has 1 amide bonds. The number of allylic oxidation sites excluding steroid dienone is 1. The molecule has 0 spiro atoms. The van der Waals surface area contributed by atoms with Gasteiger partial charge in [-0.05, 0) is 51.1 Å². The Bertz CT molecular complexity index is 1740. The Morgan fingerprint density at radius 3 is 2.50 bits per heavy atom. The third-order valence-electron chi connectivity index (χ3n) is 6.75. The van der Waals surface area contributed by atoms with Gasteiger partial charge in [0.25, 0.3) is 11.5 Å². The summed E-state index contributed by atoms with van der Waals surface area (Å²) in [5.41, 5.74) is 2.05. The van der Waals surface area contributed by atoms with E-state index in [1.165, 1.54) is 16.7 Å². The second-order valence-corrected chi connectivity index (χ2v) is 10.1. The van der Waals surface area contributed by atoms with Crippen LogP contribution in [-0.2, 0) is 14.3 Å². The molecular weight excluding hydrogens is 532 g/mol. The zero-order valence-corrected chi connectivity index (χ0v) is 23.5. The number of esters is 1. The molecule has 206 valence electrons. The average Bonchev–Trinajstić information content (AvgIpc) is 3.42. The van der Waals surface area contributed by atoms with Crippen molar-refractivity contribution in [2.24, 2.45) is 16.0 Å². The van der Waals surface area contributed by atoms with E-state index in [2.05, 4.69) is 10.1 Å². The van der Waals surface area contributed by atoms with Gasteiger partial charge < -0.3 is 14.2 Å². The third-order valence-corrected chi connectivity index (χ3v) is 7.75. The average molecular weight is 561 g/mol. The number of carbonyl (C=O) groups is 2. The Balaban J connectivity index is 1.67. The summed E-state index contributed by atoms with van der Waals surface area (Å²) in [6.07, 6.45) is 1.62. The van der Waals surface area contributed by atoms with Gasteiger partial charge in [0.2, 0.25) is 0 Å². The maximum absolute atomic E-state index is 14.0. The first-order valence-electron chi connectivity index (χ1n) is 12.6. The second kappa shape index (κ2) is 10.9. The molecule has 10 nitrogen and oxygen atoms in total. The maximum atomic E-state index is 14.0. The van der Waals surface area contributed by atoms with Crippen LogP contribution in [0.4, 0.5) is 5.69 Å². The van der Waals surface area contributed by atoms with Gasteiger partial charge in [0.1, 0.15) is 23.5 Å². The highest BCUT2D eigenvalue weighted by molar-refractivity contribution is 7.07. The van der Waals surface area contributed by atoms with E-state index in [4.69, 9.17) is 14.2 Å². The van der Waals surface area contributed by atoms with E-state index in [9.17, 15) is 14.4 Å². The monoisotopic (exact) mass is 560 g/mol. The molecule has 2 aliphatic rings. The minimum absolute atomic E-state index is 0.160. The molecular formula is C29H28N4O6S. The van der Waals surface area contributed by atoms with E-state index in [-0.39, 0.29) is 23.6 Å². The third kappa shape index (κ3) is 4.62. The van der Waals surface area contributed by atoms with Gasteiger partial charge in [0.05, 0.1) is 48.0 Å². The minimum Gasteiger partial charge on any atom is -0.497 e. The number of anilines is 1. The highest BCUT2D eigenvalue weighted by atomic mass is 32.1. The lowest BCUT2D eigenvalue weighted by atomic mass is 9.95. The van der Waals surface area contributed by atoms with Crippen molar-refractivity contribution in [1.82, 2.24) is 4.57 Å². The molecule has 2 aromatic carbocycles. The summed E-state index contributed by atoms with van der Waals surface area (Å²) in [4.78, 5) is 45.5. The van der Waals surface area contributed by atoms with Crippen LogP contribution in [0.1, 0.15) is 32.4 Å². The van der Waals surface area contributed by atoms with Crippen molar-refractivity contribution >= 4 is 40.7 Å². The number of fused-ring (bicyclic) bond motifs is 1. The van der Waals surface area contributed by atoms with Crippen molar-refractivity contribution in [1.29, 1.82) is 0 Å². The number of carbonyl (C=O) groups excluding carboxylic acids is 2. The van der Waals surface area contributed by atoms with Crippen LogP contribution in [0.3, 0.4) is 0 Å². The van der Waals surface area contributed by atoms with Gasteiger partial charge >= 0.3 is 5.97 Å². The first-order chi connectivity index (χ1) is 19.3. The van der Waals surface area contributed by atoms with Crippen molar-refractivity contribution in [3.8, 4) is 11.5 Å². The van der Waals surface area contributed by atoms with Crippen molar-refractivity contribution in [2.45, 2.75) is 26.8 Å². The number of benzene rings is 2.